The van der Waals surface area contributed by atoms with Crippen LogP contribution in [-0.4, -0.2) is 9.91 Å². The first-order valence-electron chi connectivity index (χ1n) is 5.66. The van der Waals surface area contributed by atoms with Crippen molar-refractivity contribution >= 4 is 28.9 Å². The summed E-state index contributed by atoms with van der Waals surface area (Å²) in [6.45, 7) is 0.0405. The second-order valence-electron chi connectivity index (χ2n) is 3.94. The first-order chi connectivity index (χ1) is 9.60. The molecule has 0 spiro atoms. The van der Waals surface area contributed by atoms with E-state index in [0.717, 1.165) is 5.69 Å². The first kappa shape index (κ1) is 14.6. The van der Waals surface area contributed by atoms with E-state index in [1.807, 2.05) is 0 Å². The van der Waals surface area contributed by atoms with Gasteiger partial charge in [0.1, 0.15) is 12.4 Å². The van der Waals surface area contributed by atoms with Crippen molar-refractivity contribution in [2.75, 3.05) is 0 Å². The zero-order valence-corrected chi connectivity index (χ0v) is 11.8. The number of benzene rings is 1. The normalized spacial score (nSPS) is 10.3. The van der Waals surface area contributed by atoms with Gasteiger partial charge in [-0.15, -0.1) is 11.6 Å². The van der Waals surface area contributed by atoms with Gasteiger partial charge in [-0.1, -0.05) is 11.6 Å². The molecule has 0 atom stereocenters. The number of nitro groups is 1. The number of halogens is 2. The summed E-state index contributed by atoms with van der Waals surface area (Å²) < 4.78 is 5.47. The van der Waals surface area contributed by atoms with Gasteiger partial charge in [0.25, 0.3) is 5.69 Å². The molecular weight excluding hydrogens is 303 g/mol. The van der Waals surface area contributed by atoms with Gasteiger partial charge in [0.2, 0.25) is 0 Å². The Hall–Kier alpha value is -1.85. The van der Waals surface area contributed by atoms with Crippen LogP contribution in [0.3, 0.4) is 0 Å². The van der Waals surface area contributed by atoms with Gasteiger partial charge in [-0.05, 0) is 24.3 Å². The lowest BCUT2D eigenvalue weighted by Gasteiger charge is -2.07. The second-order valence-corrected chi connectivity index (χ2v) is 4.64. The maximum absolute atomic E-state index is 10.9. The summed E-state index contributed by atoms with van der Waals surface area (Å²) in [5.41, 5.74) is 1.11. The summed E-state index contributed by atoms with van der Waals surface area (Å²) in [7, 11) is 0. The minimum atomic E-state index is -0.468. The number of rotatable bonds is 5. The number of hydrogen-bond donors (Lipinski definition) is 0. The van der Waals surface area contributed by atoms with Crippen molar-refractivity contribution in [3.63, 3.8) is 0 Å². The van der Waals surface area contributed by atoms with Gasteiger partial charge in [0.05, 0.1) is 28.3 Å². The van der Waals surface area contributed by atoms with Gasteiger partial charge in [-0.3, -0.25) is 15.1 Å². The maximum atomic E-state index is 10.9. The number of ether oxygens (including phenoxy) is 1. The summed E-state index contributed by atoms with van der Waals surface area (Å²) in [6.07, 6.45) is 1.52. The first-order valence-corrected chi connectivity index (χ1v) is 6.58. The molecule has 5 nitrogen and oxygen atoms in total. The number of nitrogens with zero attached hydrogens (tertiary/aromatic N) is 2. The van der Waals surface area contributed by atoms with Gasteiger partial charge >= 0.3 is 0 Å². The predicted octanol–water partition coefficient (Wildman–Crippen LogP) is 3.96. The van der Waals surface area contributed by atoms with E-state index in [4.69, 9.17) is 27.9 Å². The van der Waals surface area contributed by atoms with Crippen LogP contribution in [0.4, 0.5) is 5.69 Å². The van der Waals surface area contributed by atoms with Crippen LogP contribution in [0, 0.1) is 10.1 Å². The highest BCUT2D eigenvalue weighted by atomic mass is 35.5. The Kier molecular flexibility index (Phi) is 4.76. The Balaban J connectivity index is 2.13. The topological polar surface area (TPSA) is 65.3 Å². The van der Waals surface area contributed by atoms with E-state index in [9.17, 15) is 10.1 Å². The molecule has 0 saturated carbocycles. The highest BCUT2D eigenvalue weighted by molar-refractivity contribution is 6.30. The number of pyridine rings is 1. The van der Waals surface area contributed by atoms with Crippen LogP contribution in [0.25, 0.3) is 0 Å². The third kappa shape index (κ3) is 3.59. The molecule has 0 aliphatic heterocycles. The largest absolute Gasteiger partial charge is 0.487 e. The third-order valence-corrected chi connectivity index (χ3v) is 3.08. The summed E-state index contributed by atoms with van der Waals surface area (Å²) >= 11 is 11.5. The van der Waals surface area contributed by atoms with Gasteiger partial charge in [0, 0.05) is 11.1 Å². The molecule has 0 aliphatic carbocycles. The SMILES string of the molecule is O=[N+]([O-])c1ccc(Cl)cc1COc1ccc(CCl)nc1. The Labute approximate surface area is 125 Å². The lowest BCUT2D eigenvalue weighted by atomic mass is 10.2. The molecule has 2 rings (SSSR count). The van der Waals surface area contributed by atoms with Crippen LogP contribution < -0.4 is 4.74 Å². The molecule has 0 fully saturated rings. The number of nitro benzene ring substituents is 1. The van der Waals surface area contributed by atoms with Crippen molar-refractivity contribution in [3.05, 3.63) is 62.9 Å². The molecule has 20 heavy (non-hydrogen) atoms. The Bertz CT molecular complexity index is 618. The van der Waals surface area contributed by atoms with Crippen molar-refractivity contribution in [1.82, 2.24) is 4.98 Å². The fourth-order valence-corrected chi connectivity index (χ4v) is 1.94. The molecule has 1 aromatic heterocycles. The smallest absolute Gasteiger partial charge is 0.276 e. The van der Waals surface area contributed by atoms with Crippen molar-refractivity contribution < 1.29 is 9.66 Å². The van der Waals surface area contributed by atoms with Crippen LogP contribution >= 0.6 is 23.2 Å². The van der Waals surface area contributed by atoms with Gasteiger partial charge in [0.15, 0.2) is 0 Å². The van der Waals surface area contributed by atoms with Crippen LogP contribution in [0.2, 0.25) is 5.02 Å². The lowest BCUT2D eigenvalue weighted by molar-refractivity contribution is -0.385. The number of alkyl halides is 1. The molecule has 0 amide bonds. The lowest BCUT2D eigenvalue weighted by Crippen LogP contribution is -2.01. The fraction of sp³-hybridized carbons (Fsp3) is 0.154. The van der Waals surface area contributed by atoms with Gasteiger partial charge < -0.3 is 4.74 Å². The van der Waals surface area contributed by atoms with Crippen LogP contribution in [0.15, 0.2) is 36.5 Å². The van der Waals surface area contributed by atoms with Crippen molar-refractivity contribution in [2.24, 2.45) is 0 Å². The third-order valence-electron chi connectivity index (χ3n) is 2.57. The standard InChI is InChI=1S/C13H10Cl2N2O3/c14-6-11-2-3-12(7-16-11)20-8-9-5-10(15)1-4-13(9)17(18)19/h1-5,7H,6,8H2. The summed E-state index contributed by atoms with van der Waals surface area (Å²) in [4.78, 5) is 14.5. The Morgan fingerprint density at radius 2 is 2.10 bits per heavy atom. The van der Waals surface area contributed by atoms with E-state index in [2.05, 4.69) is 4.98 Å². The molecular formula is C13H10Cl2N2O3. The molecule has 0 bridgehead atoms. The van der Waals surface area contributed by atoms with Gasteiger partial charge in [-0.2, -0.15) is 0 Å². The quantitative estimate of drug-likeness (QED) is 0.476. The van der Waals surface area contributed by atoms with Crippen molar-refractivity contribution in [3.8, 4) is 5.75 Å². The molecule has 2 aromatic rings. The van der Waals surface area contributed by atoms with Crippen molar-refractivity contribution in [2.45, 2.75) is 12.5 Å². The van der Waals surface area contributed by atoms with Gasteiger partial charge in [-0.25, -0.2) is 0 Å². The Morgan fingerprint density at radius 1 is 1.30 bits per heavy atom. The summed E-state index contributed by atoms with van der Waals surface area (Å²) in [5.74, 6) is 0.827. The van der Waals surface area contributed by atoms with Crippen LogP contribution in [0.1, 0.15) is 11.3 Å². The molecule has 104 valence electrons. The molecule has 0 unspecified atom stereocenters. The Morgan fingerprint density at radius 3 is 2.70 bits per heavy atom. The second kappa shape index (κ2) is 6.54. The number of hydrogen-bond acceptors (Lipinski definition) is 4. The molecule has 7 heteroatoms. The molecule has 0 radical (unpaired) electrons. The zero-order valence-electron chi connectivity index (χ0n) is 10.3. The zero-order chi connectivity index (χ0) is 14.5. The van der Waals surface area contributed by atoms with E-state index in [-0.39, 0.29) is 12.3 Å². The molecule has 0 aliphatic rings. The monoisotopic (exact) mass is 312 g/mol. The fourth-order valence-electron chi connectivity index (χ4n) is 1.58. The van der Waals surface area contributed by atoms with Crippen LogP contribution in [-0.2, 0) is 12.5 Å². The van der Waals surface area contributed by atoms with E-state index in [1.54, 1.807) is 12.1 Å². The molecule has 1 heterocycles. The molecule has 0 N–H and O–H groups in total. The molecule has 0 saturated heterocycles. The van der Waals surface area contributed by atoms with E-state index < -0.39 is 4.92 Å². The highest BCUT2D eigenvalue weighted by Gasteiger charge is 2.14. The van der Waals surface area contributed by atoms with E-state index in [0.29, 0.717) is 22.2 Å². The maximum Gasteiger partial charge on any atom is 0.276 e. The minimum Gasteiger partial charge on any atom is -0.487 e. The number of aromatic nitrogens is 1. The van der Waals surface area contributed by atoms with Crippen molar-refractivity contribution in [1.29, 1.82) is 0 Å². The molecule has 1 aromatic carbocycles. The van der Waals surface area contributed by atoms with E-state index in [1.165, 1.54) is 24.4 Å². The minimum absolute atomic E-state index is 0.0280. The van der Waals surface area contributed by atoms with Crippen LogP contribution in [0.5, 0.6) is 5.75 Å². The predicted molar refractivity (Wildman–Crippen MR) is 76.2 cm³/mol. The summed E-state index contributed by atoms with van der Waals surface area (Å²) in [5, 5.41) is 11.3. The average Bonchev–Trinajstić information content (AvgIpc) is 2.45. The van der Waals surface area contributed by atoms with E-state index >= 15 is 0 Å². The average molecular weight is 313 g/mol. The summed E-state index contributed by atoms with van der Waals surface area (Å²) in [6, 6.07) is 7.78. The highest BCUT2D eigenvalue weighted by Crippen LogP contribution is 2.24.